The van der Waals surface area contributed by atoms with Crippen molar-refractivity contribution in [1.82, 2.24) is 9.97 Å². The van der Waals surface area contributed by atoms with Crippen LogP contribution in [0.15, 0.2) is 12.3 Å². The van der Waals surface area contributed by atoms with Gasteiger partial charge in [-0.25, -0.2) is 9.97 Å². The molecule has 4 heteroatoms. The Balaban J connectivity index is 2.12. The van der Waals surface area contributed by atoms with Crippen LogP contribution in [-0.4, -0.2) is 23.1 Å². The number of rotatable bonds is 5. The molecule has 0 spiro atoms. The van der Waals surface area contributed by atoms with Gasteiger partial charge in [-0.1, -0.05) is 19.3 Å². The molecule has 1 aliphatic carbocycles. The lowest BCUT2D eigenvalue weighted by atomic mass is 9.85. The quantitative estimate of drug-likeness (QED) is 0.887. The topological polar surface area (TPSA) is 61.0 Å². The molecule has 0 saturated heterocycles. The van der Waals surface area contributed by atoms with E-state index in [-0.39, 0.29) is 12.1 Å². The van der Waals surface area contributed by atoms with Crippen LogP contribution < -0.4 is 5.73 Å². The van der Waals surface area contributed by atoms with E-state index in [1.165, 1.54) is 32.1 Å². The van der Waals surface area contributed by atoms with Gasteiger partial charge < -0.3 is 10.5 Å². The molecule has 1 aromatic rings. The van der Waals surface area contributed by atoms with Crippen molar-refractivity contribution >= 4 is 0 Å². The maximum absolute atomic E-state index is 5.83. The van der Waals surface area contributed by atoms with Crippen LogP contribution in [0.1, 0.15) is 56.7 Å². The predicted molar refractivity (Wildman–Crippen MR) is 75.7 cm³/mol. The minimum absolute atomic E-state index is 0.0355. The lowest BCUT2D eigenvalue weighted by Gasteiger charge is -2.28. The highest BCUT2D eigenvalue weighted by molar-refractivity contribution is 5.06. The molecule has 106 valence electrons. The number of aromatic nitrogens is 2. The van der Waals surface area contributed by atoms with E-state index in [4.69, 9.17) is 10.5 Å². The van der Waals surface area contributed by atoms with Gasteiger partial charge in [0.15, 0.2) is 5.82 Å². The molecule has 0 amide bonds. The number of nitrogens with zero attached hydrogens (tertiary/aromatic N) is 2. The Kier molecular flexibility index (Phi) is 5.28. The van der Waals surface area contributed by atoms with Gasteiger partial charge >= 0.3 is 0 Å². The molecule has 1 fully saturated rings. The molecule has 0 aliphatic heterocycles. The summed E-state index contributed by atoms with van der Waals surface area (Å²) in [5.41, 5.74) is 6.85. The molecular weight excluding hydrogens is 238 g/mol. The Bertz CT molecular complexity index is 389. The molecule has 1 aliphatic rings. The van der Waals surface area contributed by atoms with Crippen molar-refractivity contribution in [3.63, 3.8) is 0 Å². The number of hydrogen-bond acceptors (Lipinski definition) is 4. The Morgan fingerprint density at radius 2 is 2.11 bits per heavy atom. The maximum atomic E-state index is 5.83. The fraction of sp³-hybridized carbons (Fsp3) is 0.733. The van der Waals surface area contributed by atoms with Gasteiger partial charge in [0.05, 0.1) is 0 Å². The van der Waals surface area contributed by atoms with Gasteiger partial charge in [-0.05, 0) is 31.7 Å². The van der Waals surface area contributed by atoms with Gasteiger partial charge in [-0.3, -0.25) is 0 Å². The second kappa shape index (κ2) is 6.96. The van der Waals surface area contributed by atoms with Crippen LogP contribution in [-0.2, 0) is 11.2 Å². The highest BCUT2D eigenvalue weighted by Gasteiger charge is 2.27. The molecule has 2 rings (SSSR count). The van der Waals surface area contributed by atoms with Crippen molar-refractivity contribution in [2.45, 2.75) is 57.6 Å². The molecule has 1 aromatic heterocycles. The third kappa shape index (κ3) is 3.98. The van der Waals surface area contributed by atoms with E-state index >= 15 is 0 Å². The number of hydrogen-bond donors (Lipinski definition) is 1. The zero-order valence-corrected chi connectivity index (χ0v) is 12.0. The molecule has 0 bridgehead atoms. The van der Waals surface area contributed by atoms with Crippen LogP contribution in [0.4, 0.5) is 0 Å². The summed E-state index contributed by atoms with van der Waals surface area (Å²) >= 11 is 0. The summed E-state index contributed by atoms with van der Waals surface area (Å²) in [7, 11) is 1.76. The largest absolute Gasteiger partial charge is 0.373 e. The number of nitrogens with two attached hydrogens (primary N) is 1. The van der Waals surface area contributed by atoms with Gasteiger partial charge in [0.1, 0.15) is 6.10 Å². The first-order valence-corrected chi connectivity index (χ1v) is 7.31. The molecule has 1 saturated carbocycles. The van der Waals surface area contributed by atoms with E-state index in [1.54, 1.807) is 7.11 Å². The monoisotopic (exact) mass is 263 g/mol. The standard InChI is InChI=1S/C15H25N3O/c1-11(16)10-13-8-9-17-15(18-13)14(19-2)12-6-4-3-5-7-12/h8-9,11-12,14H,3-7,10,16H2,1-2H3. The third-order valence-corrected chi connectivity index (χ3v) is 3.85. The van der Waals surface area contributed by atoms with Crippen molar-refractivity contribution in [1.29, 1.82) is 0 Å². The maximum Gasteiger partial charge on any atom is 0.157 e. The van der Waals surface area contributed by atoms with Gasteiger partial charge in [0.25, 0.3) is 0 Å². The van der Waals surface area contributed by atoms with Gasteiger partial charge in [0, 0.05) is 31.5 Å². The summed E-state index contributed by atoms with van der Waals surface area (Å²) in [6.07, 6.45) is 9.03. The smallest absolute Gasteiger partial charge is 0.157 e. The summed E-state index contributed by atoms with van der Waals surface area (Å²) in [5.74, 6) is 1.39. The van der Waals surface area contributed by atoms with Crippen molar-refractivity contribution in [3.05, 3.63) is 23.8 Å². The third-order valence-electron chi connectivity index (χ3n) is 3.85. The minimum atomic E-state index is 0.0355. The van der Waals surface area contributed by atoms with Crippen molar-refractivity contribution in [3.8, 4) is 0 Å². The van der Waals surface area contributed by atoms with Crippen molar-refractivity contribution in [2.75, 3.05) is 7.11 Å². The van der Waals surface area contributed by atoms with E-state index in [1.807, 2.05) is 19.2 Å². The van der Waals surface area contributed by atoms with Crippen LogP contribution in [0.3, 0.4) is 0 Å². The Hall–Kier alpha value is -1.00. The molecular formula is C15H25N3O. The van der Waals surface area contributed by atoms with E-state index in [0.717, 1.165) is 17.9 Å². The minimum Gasteiger partial charge on any atom is -0.373 e. The summed E-state index contributed by atoms with van der Waals surface area (Å²) in [6.45, 7) is 2.00. The summed E-state index contributed by atoms with van der Waals surface area (Å²) in [5, 5.41) is 0. The van der Waals surface area contributed by atoms with Gasteiger partial charge in [-0.15, -0.1) is 0 Å². The number of ether oxygens (including phenoxy) is 1. The van der Waals surface area contributed by atoms with Crippen LogP contribution in [0.5, 0.6) is 0 Å². The molecule has 0 aromatic carbocycles. The number of methoxy groups -OCH3 is 1. The van der Waals surface area contributed by atoms with Crippen LogP contribution >= 0.6 is 0 Å². The van der Waals surface area contributed by atoms with Gasteiger partial charge in [0.2, 0.25) is 0 Å². The highest BCUT2D eigenvalue weighted by Crippen LogP contribution is 2.35. The molecule has 4 nitrogen and oxygen atoms in total. The molecule has 2 N–H and O–H groups in total. The van der Waals surface area contributed by atoms with Crippen molar-refractivity contribution < 1.29 is 4.74 Å². The van der Waals surface area contributed by atoms with Crippen molar-refractivity contribution in [2.24, 2.45) is 11.7 Å². The Morgan fingerprint density at radius 3 is 2.74 bits per heavy atom. The molecule has 0 radical (unpaired) electrons. The average molecular weight is 263 g/mol. The van der Waals surface area contributed by atoms with E-state index < -0.39 is 0 Å². The fourth-order valence-corrected chi connectivity index (χ4v) is 2.94. The van der Waals surface area contributed by atoms with E-state index in [2.05, 4.69) is 9.97 Å². The lowest BCUT2D eigenvalue weighted by Crippen LogP contribution is -2.22. The fourth-order valence-electron chi connectivity index (χ4n) is 2.94. The van der Waals surface area contributed by atoms with Crippen LogP contribution in [0, 0.1) is 5.92 Å². The lowest BCUT2D eigenvalue weighted by molar-refractivity contribution is 0.0287. The van der Waals surface area contributed by atoms with E-state index in [0.29, 0.717) is 5.92 Å². The predicted octanol–water partition coefficient (Wildman–Crippen LogP) is 2.63. The first kappa shape index (κ1) is 14.4. The van der Waals surface area contributed by atoms with E-state index in [9.17, 15) is 0 Å². The first-order chi connectivity index (χ1) is 9.20. The zero-order valence-electron chi connectivity index (χ0n) is 12.0. The Morgan fingerprint density at radius 1 is 1.37 bits per heavy atom. The molecule has 2 atom stereocenters. The Labute approximate surface area is 115 Å². The van der Waals surface area contributed by atoms with Gasteiger partial charge in [-0.2, -0.15) is 0 Å². The van der Waals surface area contributed by atoms with Crippen LogP contribution in [0.2, 0.25) is 0 Å². The molecule has 1 heterocycles. The van der Waals surface area contributed by atoms with Crippen LogP contribution in [0.25, 0.3) is 0 Å². The highest BCUT2D eigenvalue weighted by atomic mass is 16.5. The summed E-state index contributed by atoms with van der Waals surface area (Å²) < 4.78 is 5.68. The molecule has 2 unspecified atom stereocenters. The zero-order chi connectivity index (χ0) is 13.7. The normalized spacial score (nSPS) is 20.2. The summed E-state index contributed by atoms with van der Waals surface area (Å²) in [4.78, 5) is 9.06. The second-order valence-corrected chi connectivity index (χ2v) is 5.64. The first-order valence-electron chi connectivity index (χ1n) is 7.31. The second-order valence-electron chi connectivity index (χ2n) is 5.64. The summed E-state index contributed by atoms with van der Waals surface area (Å²) in [6, 6.07) is 2.07. The average Bonchev–Trinajstić information content (AvgIpc) is 2.40. The SMILES string of the molecule is COC(c1nccc(CC(C)N)n1)C1CCCCC1. The molecule has 19 heavy (non-hydrogen) atoms.